The molecule has 5 nitrogen and oxygen atoms in total. The van der Waals surface area contributed by atoms with E-state index in [1.807, 2.05) is 30.3 Å². The predicted molar refractivity (Wildman–Crippen MR) is 103 cm³/mol. The number of hydrogen-bond donors (Lipinski definition) is 1. The van der Waals surface area contributed by atoms with Crippen LogP contribution in [-0.2, 0) is 6.42 Å². The van der Waals surface area contributed by atoms with Gasteiger partial charge >= 0.3 is 5.97 Å². The van der Waals surface area contributed by atoms with Crippen molar-refractivity contribution >= 4 is 17.3 Å². The van der Waals surface area contributed by atoms with Gasteiger partial charge in [0.1, 0.15) is 22.5 Å². The van der Waals surface area contributed by atoms with Crippen molar-refractivity contribution in [2.75, 3.05) is 0 Å². The number of aromatic nitrogens is 1. The van der Waals surface area contributed by atoms with Crippen LogP contribution < -0.4 is 9.47 Å². The third-order valence-corrected chi connectivity index (χ3v) is 5.71. The Kier molecular flexibility index (Phi) is 4.58. The number of hydrogen-bond acceptors (Lipinski definition) is 5. The van der Waals surface area contributed by atoms with Gasteiger partial charge in [-0.2, -0.15) is 0 Å². The van der Waals surface area contributed by atoms with Crippen molar-refractivity contribution in [3.8, 4) is 16.7 Å². The first kappa shape index (κ1) is 17.5. The van der Waals surface area contributed by atoms with Crippen LogP contribution in [0.4, 0.5) is 0 Å². The number of nitrogens with zero attached hydrogens (tertiary/aromatic N) is 1. The summed E-state index contributed by atoms with van der Waals surface area (Å²) < 4.78 is 12.0. The maximum Gasteiger partial charge on any atom is 0.347 e. The largest absolute Gasteiger partial charge is 0.485 e. The average molecular weight is 381 g/mol. The third kappa shape index (κ3) is 3.53. The zero-order valence-electron chi connectivity index (χ0n) is 15.1. The van der Waals surface area contributed by atoms with E-state index in [0.717, 1.165) is 35.5 Å². The highest BCUT2D eigenvalue weighted by atomic mass is 32.1. The molecule has 1 unspecified atom stereocenters. The molecular weight excluding hydrogens is 362 g/mol. The zero-order valence-corrected chi connectivity index (χ0v) is 15.9. The van der Waals surface area contributed by atoms with Gasteiger partial charge in [-0.05, 0) is 61.6 Å². The molecule has 2 aromatic carbocycles. The van der Waals surface area contributed by atoms with E-state index in [2.05, 4.69) is 24.0 Å². The fraction of sp³-hybridized carbons (Fsp3) is 0.238. The van der Waals surface area contributed by atoms with Gasteiger partial charge in [0, 0.05) is 0 Å². The van der Waals surface area contributed by atoms with Crippen molar-refractivity contribution in [1.82, 2.24) is 4.98 Å². The quantitative estimate of drug-likeness (QED) is 0.663. The molecule has 1 aliphatic rings. The van der Waals surface area contributed by atoms with Gasteiger partial charge in [-0.1, -0.05) is 35.6 Å². The Bertz CT molecular complexity index is 1010. The summed E-state index contributed by atoms with van der Waals surface area (Å²) in [5.74, 6) is 0.515. The highest BCUT2D eigenvalue weighted by Crippen LogP contribution is 2.38. The number of thiazole rings is 1. The van der Waals surface area contributed by atoms with Gasteiger partial charge in [-0.25, -0.2) is 9.78 Å². The van der Waals surface area contributed by atoms with E-state index in [1.54, 1.807) is 6.92 Å². The van der Waals surface area contributed by atoms with Crippen LogP contribution in [0.25, 0.3) is 0 Å². The standard InChI is InChI=1S/C21H19NO4S/c1-12-5-3-4-6-16(12)18-9-7-14-11-15(8-10-17(14)26-18)25-21-22-13(2)19(27-21)20(23)24/h3-6,8,10-11,18H,7,9H2,1-2H3,(H,23,24). The molecule has 6 heteroatoms. The molecule has 3 aromatic rings. The summed E-state index contributed by atoms with van der Waals surface area (Å²) in [6.45, 7) is 3.77. The summed E-state index contributed by atoms with van der Waals surface area (Å²) in [5.41, 5.74) is 4.01. The van der Waals surface area contributed by atoms with Gasteiger partial charge in [0.25, 0.3) is 5.19 Å². The lowest BCUT2D eigenvalue weighted by atomic mass is 9.95. The van der Waals surface area contributed by atoms with Crippen LogP contribution in [0.5, 0.6) is 16.7 Å². The maximum atomic E-state index is 11.1. The third-order valence-electron chi connectivity index (χ3n) is 4.69. The Balaban J connectivity index is 1.53. The van der Waals surface area contributed by atoms with Crippen LogP contribution >= 0.6 is 11.3 Å². The van der Waals surface area contributed by atoms with Crippen molar-refractivity contribution in [3.05, 3.63) is 69.7 Å². The lowest BCUT2D eigenvalue weighted by Gasteiger charge is -2.27. The Morgan fingerprint density at radius 3 is 2.81 bits per heavy atom. The van der Waals surface area contributed by atoms with Gasteiger partial charge in [0.05, 0.1) is 5.69 Å². The van der Waals surface area contributed by atoms with Crippen LogP contribution in [0.1, 0.15) is 44.6 Å². The normalized spacial score (nSPS) is 15.7. The molecule has 27 heavy (non-hydrogen) atoms. The molecule has 0 radical (unpaired) electrons. The lowest BCUT2D eigenvalue weighted by Crippen LogP contribution is -2.16. The number of carboxylic acids is 1. The van der Waals surface area contributed by atoms with Crippen LogP contribution in [0, 0.1) is 13.8 Å². The number of fused-ring (bicyclic) bond motifs is 1. The molecule has 0 amide bonds. The highest BCUT2D eigenvalue weighted by Gasteiger charge is 2.23. The number of aryl methyl sites for hydroxylation is 3. The number of ether oxygens (including phenoxy) is 2. The second kappa shape index (κ2) is 7.04. The van der Waals surface area contributed by atoms with Gasteiger partial charge < -0.3 is 14.6 Å². The summed E-state index contributed by atoms with van der Waals surface area (Å²) in [4.78, 5) is 15.5. The van der Waals surface area contributed by atoms with Gasteiger partial charge in [0.15, 0.2) is 0 Å². The first-order valence-corrected chi connectivity index (χ1v) is 9.56. The maximum absolute atomic E-state index is 11.1. The Labute approximate surface area is 161 Å². The van der Waals surface area contributed by atoms with E-state index in [0.29, 0.717) is 16.6 Å². The molecular formula is C21H19NO4S. The van der Waals surface area contributed by atoms with E-state index in [4.69, 9.17) is 14.6 Å². The minimum absolute atomic E-state index is 0.0604. The van der Waals surface area contributed by atoms with Gasteiger partial charge in [0.2, 0.25) is 0 Å². The van der Waals surface area contributed by atoms with Crippen LogP contribution in [0.3, 0.4) is 0 Å². The smallest absolute Gasteiger partial charge is 0.347 e. The topological polar surface area (TPSA) is 68.7 Å². The summed E-state index contributed by atoms with van der Waals surface area (Å²) in [5, 5.41) is 9.47. The average Bonchev–Trinajstić information content (AvgIpc) is 3.02. The molecule has 0 aliphatic carbocycles. The van der Waals surface area contributed by atoms with Crippen molar-refractivity contribution in [2.45, 2.75) is 32.8 Å². The van der Waals surface area contributed by atoms with Crippen LogP contribution in [0.2, 0.25) is 0 Å². The summed E-state index contributed by atoms with van der Waals surface area (Å²) in [6.07, 6.45) is 1.86. The molecule has 0 saturated carbocycles. The molecule has 138 valence electrons. The molecule has 4 rings (SSSR count). The first-order chi connectivity index (χ1) is 13.0. The van der Waals surface area contributed by atoms with E-state index < -0.39 is 5.97 Å². The van der Waals surface area contributed by atoms with Gasteiger partial charge in [-0.3, -0.25) is 0 Å². The highest BCUT2D eigenvalue weighted by molar-refractivity contribution is 7.15. The lowest BCUT2D eigenvalue weighted by molar-refractivity contribution is 0.0701. The Morgan fingerprint density at radius 2 is 2.07 bits per heavy atom. The predicted octanol–water partition coefficient (Wildman–Crippen LogP) is 5.32. The van der Waals surface area contributed by atoms with Crippen molar-refractivity contribution < 1.29 is 19.4 Å². The van der Waals surface area contributed by atoms with Crippen molar-refractivity contribution in [3.63, 3.8) is 0 Å². The second-order valence-corrected chi connectivity index (χ2v) is 7.53. The monoisotopic (exact) mass is 381 g/mol. The summed E-state index contributed by atoms with van der Waals surface area (Å²) in [7, 11) is 0. The molecule has 0 spiro atoms. The fourth-order valence-electron chi connectivity index (χ4n) is 3.31. The van der Waals surface area contributed by atoms with E-state index in [9.17, 15) is 4.79 Å². The molecule has 1 atom stereocenters. The summed E-state index contributed by atoms with van der Waals surface area (Å²) >= 11 is 1.03. The number of carboxylic acid groups (broad SMARTS) is 1. The SMILES string of the molecule is Cc1ccccc1C1CCc2cc(Oc3nc(C)c(C(=O)O)s3)ccc2O1. The second-order valence-electron chi connectivity index (χ2n) is 6.57. The number of benzene rings is 2. The van der Waals surface area contributed by atoms with Crippen molar-refractivity contribution in [2.24, 2.45) is 0 Å². The van der Waals surface area contributed by atoms with E-state index in [1.165, 1.54) is 11.1 Å². The van der Waals surface area contributed by atoms with E-state index in [-0.39, 0.29) is 11.0 Å². The van der Waals surface area contributed by atoms with Crippen LogP contribution in [0.15, 0.2) is 42.5 Å². The molecule has 0 saturated heterocycles. The summed E-state index contributed by atoms with van der Waals surface area (Å²) in [6, 6.07) is 14.0. The molecule has 1 N–H and O–H groups in total. The Hall–Kier alpha value is -2.86. The Morgan fingerprint density at radius 1 is 1.26 bits per heavy atom. The molecule has 0 fully saturated rings. The van der Waals surface area contributed by atoms with E-state index >= 15 is 0 Å². The van der Waals surface area contributed by atoms with Crippen molar-refractivity contribution in [1.29, 1.82) is 0 Å². The molecule has 0 bridgehead atoms. The zero-order chi connectivity index (χ0) is 19.0. The molecule has 1 aliphatic heterocycles. The minimum atomic E-state index is -0.985. The number of rotatable bonds is 4. The minimum Gasteiger partial charge on any atom is -0.485 e. The molecule has 1 aromatic heterocycles. The number of aromatic carboxylic acids is 1. The number of carbonyl (C=O) groups is 1. The molecule has 2 heterocycles. The van der Waals surface area contributed by atoms with Crippen LogP contribution in [-0.4, -0.2) is 16.1 Å². The van der Waals surface area contributed by atoms with Gasteiger partial charge in [-0.15, -0.1) is 0 Å². The fourth-order valence-corrected chi connectivity index (χ4v) is 4.09. The first-order valence-electron chi connectivity index (χ1n) is 8.75.